The summed E-state index contributed by atoms with van der Waals surface area (Å²) in [6.45, 7) is 1.03. The van der Waals surface area contributed by atoms with E-state index in [0.717, 1.165) is 25.7 Å². The van der Waals surface area contributed by atoms with Crippen LogP contribution in [0.4, 0.5) is 5.95 Å². The number of aryl methyl sites for hydroxylation is 1. The van der Waals surface area contributed by atoms with Gasteiger partial charge in [-0.25, -0.2) is 4.79 Å². The maximum atomic E-state index is 12.3. The first-order chi connectivity index (χ1) is 10.6. The highest BCUT2D eigenvalue weighted by atomic mass is 16.2. The molecule has 3 rings (SSSR count). The van der Waals surface area contributed by atoms with Crippen LogP contribution >= 0.6 is 0 Å². The second kappa shape index (κ2) is 5.96. The molecule has 2 aromatic heterocycles. The van der Waals surface area contributed by atoms with Crippen LogP contribution in [0.1, 0.15) is 38.1 Å². The van der Waals surface area contributed by atoms with Crippen molar-refractivity contribution in [2.24, 2.45) is 12.8 Å². The lowest BCUT2D eigenvalue weighted by molar-refractivity contribution is 0.349. The molecule has 22 heavy (non-hydrogen) atoms. The minimum absolute atomic E-state index is 0.109. The molecule has 0 saturated heterocycles. The largest absolute Gasteiger partial charge is 0.354 e. The van der Waals surface area contributed by atoms with Crippen molar-refractivity contribution in [1.29, 1.82) is 0 Å². The second-order valence-corrected chi connectivity index (χ2v) is 5.80. The highest BCUT2D eigenvalue weighted by Gasteiger charge is 2.23. The van der Waals surface area contributed by atoms with E-state index in [-0.39, 0.29) is 11.7 Å². The molecule has 120 valence electrons. The molecule has 0 spiro atoms. The molecule has 0 aliphatic heterocycles. The van der Waals surface area contributed by atoms with E-state index in [1.54, 1.807) is 16.2 Å². The lowest BCUT2D eigenvalue weighted by atomic mass is 9.95. The number of nitrogens with one attached hydrogen (secondary N) is 2. The quantitative estimate of drug-likeness (QED) is 0.752. The van der Waals surface area contributed by atoms with Crippen molar-refractivity contribution in [2.45, 2.75) is 38.1 Å². The van der Waals surface area contributed by atoms with E-state index in [1.807, 2.05) is 0 Å². The average molecular weight is 306 g/mol. The molecule has 8 heteroatoms. The van der Waals surface area contributed by atoms with E-state index >= 15 is 0 Å². The Labute approximate surface area is 127 Å². The van der Waals surface area contributed by atoms with Gasteiger partial charge < -0.3 is 15.6 Å². The summed E-state index contributed by atoms with van der Waals surface area (Å²) in [4.78, 5) is 31.4. The molecule has 0 aromatic carbocycles. The van der Waals surface area contributed by atoms with E-state index in [9.17, 15) is 9.59 Å². The Kier molecular flexibility index (Phi) is 4.02. The van der Waals surface area contributed by atoms with Gasteiger partial charge in [-0.3, -0.25) is 14.3 Å². The predicted molar refractivity (Wildman–Crippen MR) is 85.3 cm³/mol. The van der Waals surface area contributed by atoms with E-state index in [1.165, 1.54) is 6.42 Å². The van der Waals surface area contributed by atoms with Crippen molar-refractivity contribution < 1.29 is 0 Å². The molecule has 1 aliphatic rings. The second-order valence-electron chi connectivity index (χ2n) is 5.80. The first-order valence-corrected chi connectivity index (χ1v) is 7.78. The van der Waals surface area contributed by atoms with Crippen molar-refractivity contribution in [2.75, 3.05) is 18.4 Å². The Bertz CT molecular complexity index is 781. The first-order valence-electron chi connectivity index (χ1n) is 7.78. The van der Waals surface area contributed by atoms with Gasteiger partial charge in [-0.05, 0) is 12.8 Å². The van der Waals surface area contributed by atoms with Gasteiger partial charge >= 0.3 is 5.69 Å². The summed E-state index contributed by atoms with van der Waals surface area (Å²) in [5.74, 6) is 0.557. The Morgan fingerprint density at radius 2 is 2.05 bits per heavy atom. The minimum atomic E-state index is -0.400. The Hall–Kier alpha value is -2.09. The number of imidazole rings is 1. The van der Waals surface area contributed by atoms with Gasteiger partial charge in [0.05, 0.1) is 0 Å². The smallest absolute Gasteiger partial charge is 0.330 e. The molecule has 0 atom stereocenters. The van der Waals surface area contributed by atoms with Crippen molar-refractivity contribution in [1.82, 2.24) is 19.1 Å². The van der Waals surface area contributed by atoms with Gasteiger partial charge in [0.1, 0.15) is 0 Å². The van der Waals surface area contributed by atoms with E-state index in [4.69, 9.17) is 5.73 Å². The number of hydrogen-bond acceptors (Lipinski definition) is 5. The molecule has 0 unspecified atom stereocenters. The van der Waals surface area contributed by atoms with Gasteiger partial charge in [-0.1, -0.05) is 19.3 Å². The van der Waals surface area contributed by atoms with Crippen LogP contribution in [0, 0.1) is 0 Å². The number of aromatic amines is 1. The molecule has 0 amide bonds. The van der Waals surface area contributed by atoms with Crippen LogP contribution in [0.2, 0.25) is 0 Å². The summed E-state index contributed by atoms with van der Waals surface area (Å²) in [6, 6.07) is 0.109. The van der Waals surface area contributed by atoms with Gasteiger partial charge in [0.15, 0.2) is 11.2 Å². The molecule has 2 heterocycles. The van der Waals surface area contributed by atoms with Gasteiger partial charge in [-0.2, -0.15) is 4.98 Å². The molecular formula is C14H22N6O2. The molecule has 0 radical (unpaired) electrons. The number of fused-ring (bicyclic) bond motifs is 1. The summed E-state index contributed by atoms with van der Waals surface area (Å²) in [7, 11) is 1.76. The maximum absolute atomic E-state index is 12.3. The molecular weight excluding hydrogens is 284 g/mol. The third kappa shape index (κ3) is 2.43. The summed E-state index contributed by atoms with van der Waals surface area (Å²) in [6.07, 6.45) is 5.29. The highest BCUT2D eigenvalue weighted by Crippen LogP contribution is 2.28. The Morgan fingerprint density at radius 1 is 1.32 bits per heavy atom. The molecule has 1 saturated carbocycles. The molecule has 4 N–H and O–H groups in total. The number of nitrogens with two attached hydrogens (primary N) is 1. The summed E-state index contributed by atoms with van der Waals surface area (Å²) < 4.78 is 3.34. The van der Waals surface area contributed by atoms with Crippen molar-refractivity contribution >= 4 is 17.1 Å². The fraction of sp³-hybridized carbons (Fsp3) is 0.643. The summed E-state index contributed by atoms with van der Waals surface area (Å²) >= 11 is 0. The third-order valence-electron chi connectivity index (χ3n) is 4.33. The number of rotatable bonds is 4. The monoisotopic (exact) mass is 306 g/mol. The van der Waals surface area contributed by atoms with Gasteiger partial charge in [0.25, 0.3) is 5.56 Å². The minimum Gasteiger partial charge on any atom is -0.354 e. The summed E-state index contributed by atoms with van der Waals surface area (Å²) in [5, 5.41) is 3.09. The van der Waals surface area contributed by atoms with Gasteiger partial charge in [0, 0.05) is 26.2 Å². The predicted octanol–water partition coefficient (Wildman–Crippen LogP) is 0.299. The van der Waals surface area contributed by atoms with E-state index < -0.39 is 5.56 Å². The number of nitrogens with zero attached hydrogens (tertiary/aromatic N) is 3. The normalized spacial score (nSPS) is 16.3. The Balaban J connectivity index is 2.18. The zero-order valence-electron chi connectivity index (χ0n) is 12.8. The molecule has 1 aliphatic carbocycles. The number of aromatic nitrogens is 4. The zero-order chi connectivity index (χ0) is 15.7. The first kappa shape index (κ1) is 14.8. The number of hydrogen-bond donors (Lipinski definition) is 3. The zero-order valence-corrected chi connectivity index (χ0v) is 12.8. The van der Waals surface area contributed by atoms with Crippen molar-refractivity contribution in [3.8, 4) is 0 Å². The fourth-order valence-corrected chi connectivity index (χ4v) is 3.24. The molecule has 0 bridgehead atoms. The van der Waals surface area contributed by atoms with Gasteiger partial charge in [-0.15, -0.1) is 0 Å². The standard InChI is InChI=1S/C14H22N6O2/c1-19-10-11(17-13(19)16-8-7-15)20(14(22)18-12(10)21)9-5-3-2-4-6-9/h9H,2-8,15H2,1H3,(H,16,17)(H,18,21,22). The van der Waals surface area contributed by atoms with Crippen molar-refractivity contribution in [3.63, 3.8) is 0 Å². The SMILES string of the molecule is Cn1c(NCCN)nc2c1c(=O)[nH]c(=O)n2C1CCCCC1. The lowest BCUT2D eigenvalue weighted by Crippen LogP contribution is -2.34. The van der Waals surface area contributed by atoms with Crippen LogP contribution in [0.15, 0.2) is 9.59 Å². The average Bonchev–Trinajstić information content (AvgIpc) is 2.83. The topological polar surface area (TPSA) is 111 Å². The maximum Gasteiger partial charge on any atom is 0.330 e. The molecule has 1 fully saturated rings. The third-order valence-corrected chi connectivity index (χ3v) is 4.33. The molecule has 2 aromatic rings. The van der Waals surface area contributed by atoms with Crippen LogP contribution in [-0.4, -0.2) is 32.2 Å². The van der Waals surface area contributed by atoms with Crippen molar-refractivity contribution in [3.05, 3.63) is 20.8 Å². The van der Waals surface area contributed by atoms with Crippen LogP contribution in [0.25, 0.3) is 11.2 Å². The molecule has 8 nitrogen and oxygen atoms in total. The van der Waals surface area contributed by atoms with Crippen LogP contribution < -0.4 is 22.3 Å². The number of anilines is 1. The highest BCUT2D eigenvalue weighted by molar-refractivity contribution is 5.74. The van der Waals surface area contributed by atoms with Gasteiger partial charge in [0.2, 0.25) is 5.95 Å². The number of H-pyrrole nitrogens is 1. The van der Waals surface area contributed by atoms with Crippen LogP contribution in [-0.2, 0) is 7.05 Å². The fourth-order valence-electron chi connectivity index (χ4n) is 3.24. The van der Waals surface area contributed by atoms with Crippen LogP contribution in [0.5, 0.6) is 0 Å². The Morgan fingerprint density at radius 3 is 2.73 bits per heavy atom. The van der Waals surface area contributed by atoms with Crippen LogP contribution in [0.3, 0.4) is 0 Å². The van der Waals surface area contributed by atoms with E-state index in [0.29, 0.717) is 30.2 Å². The summed E-state index contributed by atoms with van der Waals surface area (Å²) in [5.41, 5.74) is 5.61. The van der Waals surface area contributed by atoms with E-state index in [2.05, 4.69) is 15.3 Å². The lowest BCUT2D eigenvalue weighted by Gasteiger charge is -2.23.